The Labute approximate surface area is 143 Å². The Morgan fingerprint density at radius 2 is 1.87 bits per heavy atom. The number of halogens is 1. The van der Waals surface area contributed by atoms with Gasteiger partial charge < -0.3 is 4.98 Å². The van der Waals surface area contributed by atoms with Crippen LogP contribution >= 0.6 is 15.9 Å². The van der Waals surface area contributed by atoms with Crippen molar-refractivity contribution in [3.63, 3.8) is 0 Å². The van der Waals surface area contributed by atoms with Crippen LogP contribution in [0.3, 0.4) is 0 Å². The molecular formula is C16H23BrN4O2. The summed E-state index contributed by atoms with van der Waals surface area (Å²) in [6.07, 6.45) is 4.76. The third-order valence-electron chi connectivity index (χ3n) is 4.53. The number of aromatic amines is 1. The van der Waals surface area contributed by atoms with Gasteiger partial charge in [0.15, 0.2) is 5.65 Å². The summed E-state index contributed by atoms with van der Waals surface area (Å²) in [7, 11) is 0. The number of nitrogens with one attached hydrogen (secondary N) is 1. The highest BCUT2D eigenvalue weighted by Gasteiger charge is 2.27. The number of imidazole rings is 1. The zero-order valence-corrected chi connectivity index (χ0v) is 15.2. The molecule has 0 aliphatic heterocycles. The largest absolute Gasteiger partial charge is 0.336 e. The fourth-order valence-corrected chi connectivity index (χ4v) is 4.11. The zero-order chi connectivity index (χ0) is 16.6. The maximum Gasteiger partial charge on any atom is 0.332 e. The standard InChI is InChI=1S/C16H23BrN4O2/c1-3-7-20-14-12(15(22)21(8-4-2)16(20)23)18-13(19-14)10-5-6-11(17)9-10/h10-11H,3-9H2,1-2H3,(H,18,19). The second-order valence-electron chi connectivity index (χ2n) is 6.32. The van der Waals surface area contributed by atoms with Gasteiger partial charge in [-0.2, -0.15) is 0 Å². The van der Waals surface area contributed by atoms with Crippen LogP contribution in [-0.2, 0) is 13.1 Å². The molecule has 0 radical (unpaired) electrons. The Morgan fingerprint density at radius 3 is 2.48 bits per heavy atom. The molecule has 0 amide bonds. The fraction of sp³-hybridized carbons (Fsp3) is 0.688. The Bertz CT molecular complexity index is 820. The van der Waals surface area contributed by atoms with Crippen LogP contribution in [0.4, 0.5) is 0 Å². The SMILES string of the molecule is CCCn1c(=O)c2[nH]c(C3CCC(Br)C3)nc2n(CCC)c1=O. The van der Waals surface area contributed by atoms with E-state index in [1.807, 2.05) is 13.8 Å². The monoisotopic (exact) mass is 382 g/mol. The molecule has 1 aliphatic rings. The van der Waals surface area contributed by atoms with Gasteiger partial charge in [0.2, 0.25) is 0 Å². The van der Waals surface area contributed by atoms with E-state index < -0.39 is 0 Å². The second-order valence-corrected chi connectivity index (χ2v) is 7.61. The molecule has 2 heterocycles. The van der Waals surface area contributed by atoms with Crippen molar-refractivity contribution in [2.75, 3.05) is 0 Å². The topological polar surface area (TPSA) is 72.7 Å². The van der Waals surface area contributed by atoms with Gasteiger partial charge in [0.25, 0.3) is 5.56 Å². The van der Waals surface area contributed by atoms with E-state index in [4.69, 9.17) is 0 Å². The third-order valence-corrected chi connectivity index (χ3v) is 5.36. The molecule has 6 nitrogen and oxygen atoms in total. The Kier molecular flexibility index (Phi) is 4.75. The summed E-state index contributed by atoms with van der Waals surface area (Å²) in [5.41, 5.74) is 0.502. The number of aryl methyl sites for hydroxylation is 1. The summed E-state index contributed by atoms with van der Waals surface area (Å²) in [6.45, 7) is 5.01. The molecule has 1 N–H and O–H groups in total. The second kappa shape index (κ2) is 6.63. The van der Waals surface area contributed by atoms with Crippen molar-refractivity contribution in [2.45, 2.75) is 69.8 Å². The number of fused-ring (bicyclic) bond motifs is 1. The first-order chi connectivity index (χ1) is 11.1. The summed E-state index contributed by atoms with van der Waals surface area (Å²) in [5, 5.41) is 0. The molecule has 0 aromatic carbocycles. The molecule has 126 valence electrons. The first-order valence-electron chi connectivity index (χ1n) is 8.44. The van der Waals surface area contributed by atoms with Crippen molar-refractivity contribution in [2.24, 2.45) is 0 Å². The van der Waals surface area contributed by atoms with Crippen LogP contribution in [-0.4, -0.2) is 23.9 Å². The molecule has 0 spiro atoms. The van der Waals surface area contributed by atoms with Gasteiger partial charge in [-0.1, -0.05) is 29.8 Å². The van der Waals surface area contributed by atoms with E-state index in [-0.39, 0.29) is 11.2 Å². The van der Waals surface area contributed by atoms with Gasteiger partial charge >= 0.3 is 5.69 Å². The van der Waals surface area contributed by atoms with Crippen molar-refractivity contribution in [1.29, 1.82) is 0 Å². The van der Waals surface area contributed by atoms with Gasteiger partial charge in [0.1, 0.15) is 11.3 Å². The molecule has 1 fully saturated rings. The minimum Gasteiger partial charge on any atom is -0.336 e. The molecule has 3 rings (SSSR count). The Hall–Kier alpha value is -1.37. The molecule has 2 aromatic heterocycles. The highest BCUT2D eigenvalue weighted by Crippen LogP contribution is 2.36. The smallest absolute Gasteiger partial charge is 0.332 e. The zero-order valence-electron chi connectivity index (χ0n) is 13.6. The molecule has 2 atom stereocenters. The minimum atomic E-state index is -0.244. The first kappa shape index (κ1) is 16.5. The number of rotatable bonds is 5. The third kappa shape index (κ3) is 2.91. The van der Waals surface area contributed by atoms with Crippen molar-refractivity contribution in [3.8, 4) is 0 Å². The first-order valence-corrected chi connectivity index (χ1v) is 9.35. The van der Waals surface area contributed by atoms with Crippen LogP contribution < -0.4 is 11.2 Å². The Morgan fingerprint density at radius 1 is 1.17 bits per heavy atom. The molecule has 23 heavy (non-hydrogen) atoms. The van der Waals surface area contributed by atoms with E-state index in [2.05, 4.69) is 25.9 Å². The minimum absolute atomic E-state index is 0.242. The van der Waals surface area contributed by atoms with Gasteiger partial charge in [-0.3, -0.25) is 13.9 Å². The van der Waals surface area contributed by atoms with Crippen molar-refractivity contribution in [3.05, 3.63) is 26.7 Å². The molecule has 2 unspecified atom stereocenters. The van der Waals surface area contributed by atoms with E-state index in [1.165, 1.54) is 4.57 Å². The number of hydrogen-bond donors (Lipinski definition) is 1. The maximum atomic E-state index is 12.7. The summed E-state index contributed by atoms with van der Waals surface area (Å²) < 4.78 is 2.98. The van der Waals surface area contributed by atoms with Crippen LogP contribution in [0.1, 0.15) is 57.7 Å². The van der Waals surface area contributed by atoms with E-state index in [0.29, 0.717) is 35.0 Å². The molecular weight excluding hydrogens is 360 g/mol. The molecule has 0 bridgehead atoms. The van der Waals surface area contributed by atoms with Crippen LogP contribution in [0.5, 0.6) is 0 Å². The summed E-state index contributed by atoms with van der Waals surface area (Å²) >= 11 is 3.65. The van der Waals surface area contributed by atoms with Crippen molar-refractivity contribution in [1.82, 2.24) is 19.1 Å². The average Bonchev–Trinajstić information content (AvgIpc) is 3.14. The van der Waals surface area contributed by atoms with Crippen LogP contribution in [0.15, 0.2) is 9.59 Å². The quantitative estimate of drug-likeness (QED) is 0.807. The number of alkyl halides is 1. The summed E-state index contributed by atoms with van der Waals surface area (Å²) in [5.74, 6) is 1.17. The number of H-pyrrole nitrogens is 1. The van der Waals surface area contributed by atoms with Gasteiger partial charge in [-0.25, -0.2) is 9.78 Å². The average molecular weight is 383 g/mol. The van der Waals surface area contributed by atoms with E-state index >= 15 is 0 Å². The lowest BCUT2D eigenvalue weighted by atomic mass is 10.1. The van der Waals surface area contributed by atoms with E-state index in [0.717, 1.165) is 37.9 Å². The van der Waals surface area contributed by atoms with Crippen LogP contribution in [0, 0.1) is 0 Å². The van der Waals surface area contributed by atoms with E-state index in [9.17, 15) is 9.59 Å². The van der Waals surface area contributed by atoms with Crippen LogP contribution in [0.25, 0.3) is 11.2 Å². The molecule has 0 saturated heterocycles. The van der Waals surface area contributed by atoms with Gasteiger partial charge in [0, 0.05) is 23.8 Å². The Balaban J connectivity index is 2.19. The lowest BCUT2D eigenvalue weighted by molar-refractivity contribution is 0.555. The van der Waals surface area contributed by atoms with E-state index in [1.54, 1.807) is 4.57 Å². The van der Waals surface area contributed by atoms with Gasteiger partial charge in [0.05, 0.1) is 0 Å². The highest BCUT2D eigenvalue weighted by atomic mass is 79.9. The predicted molar refractivity (Wildman–Crippen MR) is 94.5 cm³/mol. The number of nitrogens with zero attached hydrogens (tertiary/aromatic N) is 3. The fourth-order valence-electron chi connectivity index (χ4n) is 3.40. The molecule has 2 aromatic rings. The van der Waals surface area contributed by atoms with Crippen molar-refractivity contribution < 1.29 is 0 Å². The van der Waals surface area contributed by atoms with Gasteiger partial charge in [-0.15, -0.1) is 0 Å². The van der Waals surface area contributed by atoms with Crippen molar-refractivity contribution >= 4 is 27.1 Å². The van der Waals surface area contributed by atoms with Crippen LogP contribution in [0.2, 0.25) is 0 Å². The predicted octanol–water partition coefficient (Wildman–Crippen LogP) is 2.74. The molecule has 1 aliphatic carbocycles. The number of aromatic nitrogens is 4. The maximum absolute atomic E-state index is 12.7. The summed E-state index contributed by atoms with van der Waals surface area (Å²) in [4.78, 5) is 33.7. The molecule has 1 saturated carbocycles. The highest BCUT2D eigenvalue weighted by molar-refractivity contribution is 9.09. The van der Waals surface area contributed by atoms with Gasteiger partial charge in [-0.05, 0) is 32.1 Å². The lowest BCUT2D eigenvalue weighted by Gasteiger charge is -2.09. The summed E-state index contributed by atoms with van der Waals surface area (Å²) in [6, 6.07) is 0. The number of hydrogen-bond acceptors (Lipinski definition) is 3. The normalized spacial score (nSPS) is 21.3. The molecule has 7 heteroatoms. The lowest BCUT2D eigenvalue weighted by Crippen LogP contribution is -2.40.